The van der Waals surface area contributed by atoms with E-state index in [2.05, 4.69) is 15.4 Å². The number of hydrogen-bond acceptors (Lipinski definition) is 4. The van der Waals surface area contributed by atoms with Gasteiger partial charge >= 0.3 is 0 Å². The molecule has 0 aliphatic rings. The number of aromatic nitrogens is 3. The molecule has 0 saturated carbocycles. The van der Waals surface area contributed by atoms with E-state index < -0.39 is 0 Å². The molecule has 17 heavy (non-hydrogen) atoms. The SMILES string of the molecule is Fc1ccc(CNc2nn3ccnc3s2)cc1. The highest BCUT2D eigenvalue weighted by Gasteiger charge is 2.03. The maximum atomic E-state index is 12.7. The molecule has 0 atom stereocenters. The van der Waals surface area contributed by atoms with Gasteiger partial charge in [-0.3, -0.25) is 0 Å². The van der Waals surface area contributed by atoms with Crippen LogP contribution >= 0.6 is 11.3 Å². The Morgan fingerprint density at radius 2 is 2.12 bits per heavy atom. The Kier molecular flexibility index (Phi) is 2.49. The third-order valence-electron chi connectivity index (χ3n) is 2.33. The summed E-state index contributed by atoms with van der Waals surface area (Å²) < 4.78 is 14.4. The summed E-state index contributed by atoms with van der Waals surface area (Å²) in [6.07, 6.45) is 3.51. The fourth-order valence-corrected chi connectivity index (χ4v) is 2.24. The monoisotopic (exact) mass is 248 g/mol. The number of rotatable bonds is 3. The summed E-state index contributed by atoms with van der Waals surface area (Å²) in [6, 6.07) is 6.40. The molecule has 0 radical (unpaired) electrons. The van der Waals surface area contributed by atoms with E-state index >= 15 is 0 Å². The Morgan fingerprint density at radius 3 is 2.88 bits per heavy atom. The van der Waals surface area contributed by atoms with E-state index in [1.165, 1.54) is 23.5 Å². The molecule has 0 fully saturated rings. The average molecular weight is 248 g/mol. The molecule has 6 heteroatoms. The zero-order valence-electron chi connectivity index (χ0n) is 8.80. The zero-order valence-corrected chi connectivity index (χ0v) is 9.62. The van der Waals surface area contributed by atoms with Gasteiger partial charge in [0, 0.05) is 12.7 Å². The Morgan fingerprint density at radius 1 is 1.29 bits per heavy atom. The molecule has 1 N–H and O–H groups in total. The van der Waals surface area contributed by atoms with Crippen LogP contribution in [-0.4, -0.2) is 14.6 Å². The van der Waals surface area contributed by atoms with Crippen LogP contribution in [0.25, 0.3) is 4.96 Å². The minimum atomic E-state index is -0.221. The molecule has 0 unspecified atom stereocenters. The minimum absolute atomic E-state index is 0.221. The minimum Gasteiger partial charge on any atom is -0.356 e. The summed E-state index contributed by atoms with van der Waals surface area (Å²) in [6.45, 7) is 0.622. The first-order valence-corrected chi connectivity index (χ1v) is 5.91. The van der Waals surface area contributed by atoms with Crippen molar-refractivity contribution in [3.8, 4) is 0 Å². The quantitative estimate of drug-likeness (QED) is 0.774. The van der Waals surface area contributed by atoms with E-state index in [4.69, 9.17) is 0 Å². The molecule has 1 aromatic carbocycles. The number of benzene rings is 1. The van der Waals surface area contributed by atoms with Crippen LogP contribution in [0, 0.1) is 5.82 Å². The smallest absolute Gasteiger partial charge is 0.213 e. The largest absolute Gasteiger partial charge is 0.356 e. The topological polar surface area (TPSA) is 42.2 Å². The summed E-state index contributed by atoms with van der Waals surface area (Å²) in [5.74, 6) is -0.221. The standard InChI is InChI=1S/C11H9FN4S/c12-9-3-1-8(2-4-9)7-14-10-15-16-6-5-13-11(16)17-10/h1-6H,7H2,(H,14,15). The highest BCUT2D eigenvalue weighted by atomic mass is 32.1. The highest BCUT2D eigenvalue weighted by Crippen LogP contribution is 2.18. The number of nitrogens with zero attached hydrogens (tertiary/aromatic N) is 3. The van der Waals surface area contributed by atoms with Crippen molar-refractivity contribution in [2.24, 2.45) is 0 Å². The molecule has 0 aliphatic carbocycles. The second-order valence-electron chi connectivity index (χ2n) is 3.54. The predicted octanol–water partition coefficient (Wildman–Crippen LogP) is 2.54. The van der Waals surface area contributed by atoms with Crippen molar-refractivity contribution >= 4 is 21.4 Å². The molecule has 0 aliphatic heterocycles. The Hall–Kier alpha value is -1.95. The third-order valence-corrected chi connectivity index (χ3v) is 3.23. The van der Waals surface area contributed by atoms with Gasteiger partial charge in [0.1, 0.15) is 5.82 Å². The molecule has 2 heterocycles. The van der Waals surface area contributed by atoms with Crippen LogP contribution in [0.3, 0.4) is 0 Å². The lowest BCUT2D eigenvalue weighted by Crippen LogP contribution is -1.99. The second kappa shape index (κ2) is 4.14. The number of halogens is 1. The van der Waals surface area contributed by atoms with Gasteiger partial charge in [0.05, 0.1) is 6.20 Å². The Balaban J connectivity index is 1.71. The van der Waals surface area contributed by atoms with Crippen LogP contribution in [-0.2, 0) is 6.54 Å². The van der Waals surface area contributed by atoms with Gasteiger partial charge in [-0.15, -0.1) is 5.10 Å². The molecular formula is C11H9FN4S. The van der Waals surface area contributed by atoms with E-state index in [1.807, 2.05) is 0 Å². The lowest BCUT2D eigenvalue weighted by molar-refractivity contribution is 0.627. The van der Waals surface area contributed by atoms with E-state index in [0.717, 1.165) is 15.7 Å². The molecule has 4 nitrogen and oxygen atoms in total. The first-order valence-electron chi connectivity index (χ1n) is 5.10. The summed E-state index contributed by atoms with van der Waals surface area (Å²) >= 11 is 1.48. The molecule has 0 bridgehead atoms. The van der Waals surface area contributed by atoms with E-state index in [0.29, 0.717) is 6.54 Å². The number of imidazole rings is 1. The Labute approximate surface area is 101 Å². The average Bonchev–Trinajstić information content (AvgIpc) is 2.88. The highest BCUT2D eigenvalue weighted by molar-refractivity contribution is 7.20. The fraction of sp³-hybridized carbons (Fsp3) is 0.0909. The summed E-state index contributed by atoms with van der Waals surface area (Å²) in [4.78, 5) is 4.99. The molecule has 0 saturated heterocycles. The maximum Gasteiger partial charge on any atom is 0.213 e. The van der Waals surface area contributed by atoms with Gasteiger partial charge in [0.15, 0.2) is 0 Å². The summed E-state index contributed by atoms with van der Waals surface area (Å²) in [5, 5.41) is 8.28. The van der Waals surface area contributed by atoms with Crippen molar-refractivity contribution in [1.82, 2.24) is 14.6 Å². The molecule has 3 rings (SSSR count). The number of fused-ring (bicyclic) bond motifs is 1. The van der Waals surface area contributed by atoms with Crippen LogP contribution in [0.1, 0.15) is 5.56 Å². The van der Waals surface area contributed by atoms with Crippen molar-refractivity contribution in [2.45, 2.75) is 6.54 Å². The molecule has 0 spiro atoms. The summed E-state index contributed by atoms with van der Waals surface area (Å²) in [5.41, 5.74) is 1.01. The number of anilines is 1. The second-order valence-corrected chi connectivity index (χ2v) is 4.50. The van der Waals surface area contributed by atoms with Crippen molar-refractivity contribution in [3.63, 3.8) is 0 Å². The first kappa shape index (κ1) is 10.2. The molecule has 2 aromatic heterocycles. The lowest BCUT2D eigenvalue weighted by atomic mass is 10.2. The number of hydrogen-bond donors (Lipinski definition) is 1. The van der Waals surface area contributed by atoms with Crippen LogP contribution in [0.5, 0.6) is 0 Å². The fourth-order valence-electron chi connectivity index (χ4n) is 1.49. The normalized spacial score (nSPS) is 10.9. The van der Waals surface area contributed by atoms with Gasteiger partial charge in [0.2, 0.25) is 10.1 Å². The third kappa shape index (κ3) is 2.12. The molecule has 3 aromatic rings. The van der Waals surface area contributed by atoms with Crippen LogP contribution in [0.4, 0.5) is 9.52 Å². The zero-order chi connectivity index (χ0) is 11.7. The van der Waals surface area contributed by atoms with Crippen LogP contribution < -0.4 is 5.32 Å². The summed E-state index contributed by atoms with van der Waals surface area (Å²) in [7, 11) is 0. The van der Waals surface area contributed by atoms with Crippen molar-refractivity contribution < 1.29 is 4.39 Å². The molecule has 86 valence electrons. The predicted molar refractivity (Wildman–Crippen MR) is 64.6 cm³/mol. The lowest BCUT2D eigenvalue weighted by Gasteiger charge is -2.01. The van der Waals surface area contributed by atoms with Gasteiger partial charge in [-0.05, 0) is 17.7 Å². The van der Waals surface area contributed by atoms with Crippen molar-refractivity contribution in [3.05, 3.63) is 48.0 Å². The van der Waals surface area contributed by atoms with Crippen molar-refractivity contribution in [1.29, 1.82) is 0 Å². The Bertz CT molecular complexity index is 600. The van der Waals surface area contributed by atoms with Crippen molar-refractivity contribution in [2.75, 3.05) is 5.32 Å². The maximum absolute atomic E-state index is 12.7. The molecule has 0 amide bonds. The van der Waals surface area contributed by atoms with Crippen LogP contribution in [0.15, 0.2) is 36.7 Å². The van der Waals surface area contributed by atoms with E-state index in [1.54, 1.807) is 29.0 Å². The van der Waals surface area contributed by atoms with Gasteiger partial charge in [0.25, 0.3) is 0 Å². The molecular weight excluding hydrogens is 239 g/mol. The first-order chi connectivity index (χ1) is 8.31. The van der Waals surface area contributed by atoms with Crippen LogP contribution in [0.2, 0.25) is 0 Å². The van der Waals surface area contributed by atoms with E-state index in [-0.39, 0.29) is 5.82 Å². The van der Waals surface area contributed by atoms with Gasteiger partial charge in [-0.25, -0.2) is 13.9 Å². The van der Waals surface area contributed by atoms with Gasteiger partial charge in [-0.2, -0.15) is 0 Å². The van der Waals surface area contributed by atoms with Gasteiger partial charge < -0.3 is 5.32 Å². The van der Waals surface area contributed by atoms with Gasteiger partial charge in [-0.1, -0.05) is 23.5 Å². The number of nitrogens with one attached hydrogen (secondary N) is 1. The van der Waals surface area contributed by atoms with E-state index in [9.17, 15) is 4.39 Å².